The Kier molecular flexibility index (Phi) is 27.0. The van der Waals surface area contributed by atoms with Gasteiger partial charge in [0.1, 0.15) is 95.9 Å². The molecule has 123 heavy (non-hydrogen) atoms. The van der Waals surface area contributed by atoms with Gasteiger partial charge in [0.2, 0.25) is 75.1 Å². The highest BCUT2D eigenvalue weighted by atomic mass is 35.5. The maximum Gasteiger partial charge on any atom is 0.248 e. The molecule has 6 aromatic carbocycles. The van der Waals surface area contributed by atoms with Crippen LogP contribution in [0.25, 0.3) is 11.1 Å². The Hall–Kier alpha value is -9.87. The number of aromatic hydroxyl groups is 1. The van der Waals surface area contributed by atoms with Crippen molar-refractivity contribution in [1.29, 1.82) is 0 Å². The molecule has 6 aliphatic heterocycles. The van der Waals surface area contributed by atoms with Gasteiger partial charge >= 0.3 is 0 Å². The van der Waals surface area contributed by atoms with Crippen LogP contribution in [-0.2, 0) is 65.4 Å². The van der Waals surface area contributed by atoms with Gasteiger partial charge in [-0.2, -0.15) is 0 Å². The average molecular weight is 1760 g/mol. The van der Waals surface area contributed by atoms with Crippen LogP contribution in [0.3, 0.4) is 0 Å². The summed E-state index contributed by atoms with van der Waals surface area (Å²) in [5.41, 5.74) is 9.19. The van der Waals surface area contributed by atoms with Gasteiger partial charge < -0.3 is 124 Å². The molecule has 17 rings (SSSR count). The highest BCUT2D eigenvalue weighted by Gasteiger charge is 2.53. The zero-order valence-electron chi connectivity index (χ0n) is 67.6. The number of rotatable bonds is 25. The van der Waals surface area contributed by atoms with E-state index in [9.17, 15) is 58.9 Å². The standard InChI is InChI=1S/C85H102Cl2N12O23S/c1-5-6-7-8-21-118-46-12-14-47(15-13-46)123(116,117)92-20-19-91-36-50-56(100)33-49-63-48-28-40(9-16-51(48)85(114,115)64(50)63)66-79(109)99-70(83(113)97-68(49)81(111)94-65-43-24-38-23-39(26-43)27-44(65)25-38)72(103)42-11-18-58(53(87)30-42)120-60-32-45-31-59(76(60)122-84-75(106)74(105)73(104)61(35-88)121-84)119-57-17-10-41(29-52(57)86)71(102)69(98-77(107)54(90-4)22-37(2)3)82(112)93-55(34-62(89)101)78(108)95-67(45)80(110)96-66/h9-18,28-33,37-39,43-44,54-55,61,65-75,84,90-92,100,102-106,114-115H,5-8,19-27,34-36,88H2,1-4H3,(H2,89,101)(H,93,112)(H,94,111)(H,95,108)(H,96,110)(H,97,113)(H,98,107)(H,99,109)/t38?,39?,43?,44?,54?,55?,61?,65?,66?,67?,68-,69?,70?,71?,72?,73?,74?,75?,84?/m0/s1. The summed E-state index contributed by atoms with van der Waals surface area (Å²) in [4.78, 5) is 123. The predicted octanol–water partition coefficient (Wildman–Crippen LogP) is 2.81. The number of aliphatic hydroxyl groups is 7. The number of carbonyl (C=O) groups excluding carboxylic acids is 8. The predicted molar refractivity (Wildman–Crippen MR) is 441 cm³/mol. The molecule has 14 atom stereocenters. The Balaban J connectivity index is 0.918. The summed E-state index contributed by atoms with van der Waals surface area (Å²) in [6.45, 7) is 4.92. The fourth-order valence-corrected chi connectivity index (χ4v) is 19.8. The van der Waals surface area contributed by atoms with Crippen molar-refractivity contribution >= 4 is 80.5 Å². The monoisotopic (exact) mass is 1760 g/mol. The van der Waals surface area contributed by atoms with Crippen molar-refractivity contribution < 1.29 is 111 Å². The highest BCUT2D eigenvalue weighted by Crippen LogP contribution is 2.57. The second kappa shape index (κ2) is 37.1. The number of likely N-dealkylation sites (N-methyl/N-ethyl adjacent to an activating group) is 1. The van der Waals surface area contributed by atoms with E-state index in [0.717, 1.165) is 88.1 Å². The molecule has 38 heteroatoms. The minimum Gasteiger partial charge on any atom is -0.508 e. The lowest BCUT2D eigenvalue weighted by Crippen LogP contribution is -2.60. The minimum atomic E-state index is -4.13. The molecule has 0 aromatic heterocycles. The number of sulfonamides is 1. The first-order valence-corrected chi connectivity index (χ1v) is 43.4. The second-order valence-electron chi connectivity index (χ2n) is 33.3. The molecule has 1 saturated heterocycles. The van der Waals surface area contributed by atoms with Crippen molar-refractivity contribution in [2.45, 2.75) is 200 Å². The Labute approximate surface area is 717 Å². The van der Waals surface area contributed by atoms with Gasteiger partial charge in [-0.15, -0.1) is 0 Å². The first-order chi connectivity index (χ1) is 58.6. The van der Waals surface area contributed by atoms with E-state index in [0.29, 0.717) is 24.2 Å². The zero-order chi connectivity index (χ0) is 87.9. The average Bonchev–Trinajstić information content (AvgIpc) is 1.55. The normalized spacial score (nSPS) is 27.7. The number of nitrogens with one attached hydrogen (secondary N) is 10. The lowest BCUT2D eigenvalue weighted by molar-refractivity contribution is -0.270. The molecule has 22 N–H and O–H groups in total. The third-order valence-corrected chi connectivity index (χ3v) is 26.4. The number of phenolic OH excluding ortho intramolecular Hbond substituents is 1. The van der Waals surface area contributed by atoms with Gasteiger partial charge in [-0.1, -0.05) is 87.5 Å². The number of fused-ring (bicyclic) bond motifs is 12. The van der Waals surface area contributed by atoms with Crippen molar-refractivity contribution in [2.75, 3.05) is 33.3 Å². The van der Waals surface area contributed by atoms with Crippen molar-refractivity contribution in [2.24, 2.45) is 41.1 Å². The number of benzene rings is 6. The number of ether oxygens (including phenoxy) is 5. The third-order valence-electron chi connectivity index (χ3n) is 24.3. The second-order valence-corrected chi connectivity index (χ2v) is 35.9. The number of carbonyl (C=O) groups is 8. The highest BCUT2D eigenvalue weighted by molar-refractivity contribution is 7.89. The summed E-state index contributed by atoms with van der Waals surface area (Å²) in [6, 6.07) is 5.67. The van der Waals surface area contributed by atoms with Crippen molar-refractivity contribution in [3.8, 4) is 51.4 Å². The summed E-state index contributed by atoms with van der Waals surface area (Å²) in [5.74, 6) is -14.6. The fourth-order valence-electron chi connectivity index (χ4n) is 18.3. The number of unbranched alkanes of at least 4 members (excludes halogenated alkanes) is 3. The number of hydrogen-bond donors (Lipinski definition) is 20. The number of hydrogen-bond acceptors (Lipinski definition) is 26. The number of nitrogens with two attached hydrogens (primary N) is 2. The maximum absolute atomic E-state index is 16.5. The number of aliphatic hydroxyl groups excluding tert-OH is 5. The van der Waals surface area contributed by atoms with Crippen LogP contribution in [0.4, 0.5) is 0 Å². The molecule has 5 aliphatic carbocycles. The van der Waals surface area contributed by atoms with Gasteiger partial charge in [0.15, 0.2) is 11.5 Å². The smallest absolute Gasteiger partial charge is 0.248 e. The van der Waals surface area contributed by atoms with Gasteiger partial charge in [0.05, 0.1) is 34.0 Å². The molecule has 660 valence electrons. The lowest BCUT2D eigenvalue weighted by Gasteiger charge is -2.54. The molecule has 0 radical (unpaired) electrons. The number of primary amides is 1. The maximum atomic E-state index is 16.5. The number of phenols is 1. The number of halogens is 2. The Bertz CT molecular complexity index is 5150. The van der Waals surface area contributed by atoms with Crippen LogP contribution in [0.15, 0.2) is 102 Å². The summed E-state index contributed by atoms with van der Waals surface area (Å²) in [6.07, 6.45) is -6.23. The molecule has 35 nitrogen and oxygen atoms in total. The van der Waals surface area contributed by atoms with E-state index in [1.165, 1.54) is 61.6 Å². The Morgan fingerprint density at radius 1 is 0.675 bits per heavy atom. The molecular weight excluding hydrogens is 1660 g/mol. The fraction of sp³-hybridized carbons (Fsp3) is 0.482. The van der Waals surface area contributed by atoms with E-state index >= 15 is 28.8 Å². The molecule has 13 unspecified atom stereocenters. The van der Waals surface area contributed by atoms with E-state index in [4.69, 9.17) is 58.4 Å². The molecule has 6 heterocycles. The summed E-state index contributed by atoms with van der Waals surface area (Å²) in [5, 5.41) is 122. The van der Waals surface area contributed by atoms with Gasteiger partial charge in [-0.05, 0) is 193 Å². The van der Waals surface area contributed by atoms with Crippen LogP contribution in [0.1, 0.15) is 166 Å². The quantitative estimate of drug-likeness (QED) is 0.0289. The van der Waals surface area contributed by atoms with Crippen molar-refractivity contribution in [1.82, 2.24) is 52.6 Å². The molecule has 0 spiro atoms. The lowest BCUT2D eigenvalue weighted by atomic mass is 9.54. The number of amides is 8. The van der Waals surface area contributed by atoms with Crippen molar-refractivity contribution in [3.05, 3.63) is 152 Å². The summed E-state index contributed by atoms with van der Waals surface area (Å²) < 4.78 is 61.4. The first kappa shape index (κ1) is 89.4. The Morgan fingerprint density at radius 3 is 1.92 bits per heavy atom. The molecule has 4 saturated carbocycles. The van der Waals surface area contributed by atoms with E-state index in [2.05, 4.69) is 59.5 Å². The van der Waals surface area contributed by atoms with E-state index in [-0.39, 0.29) is 108 Å². The molecule has 8 amide bonds. The zero-order valence-corrected chi connectivity index (χ0v) is 69.9. The van der Waals surface area contributed by atoms with Gasteiger partial charge in [0, 0.05) is 48.9 Å². The van der Waals surface area contributed by atoms with E-state index < -0.39 is 208 Å². The van der Waals surface area contributed by atoms with Gasteiger partial charge in [0.25, 0.3) is 0 Å². The molecule has 5 fully saturated rings. The van der Waals surface area contributed by atoms with Crippen LogP contribution in [-0.4, -0.2) is 191 Å². The molecular formula is C85H102Cl2N12O23S. The van der Waals surface area contributed by atoms with Crippen LogP contribution >= 0.6 is 23.2 Å². The van der Waals surface area contributed by atoms with Gasteiger partial charge in [-0.25, -0.2) is 13.1 Å². The minimum absolute atomic E-state index is 0.0268. The SMILES string of the molecule is CCCCCCOc1ccc(S(=O)(=O)NCCNCc2c(O)cc3c4c2C(O)(O)c2ccc(cc2-4)C2NC(=O)C4NC(=O)C(CC(N)=O)NC(=O)C(NC(=O)C(CC(C)C)NC)C(O)c5ccc(c(Cl)c5)Oc5cc4cc(c5OC4OC(CN)C(O)C(O)C4O)Oc4ccc(cc4Cl)C(O)C(NC2=O)C(=O)N[C@@H]3C(=O)NC2C3CC4CC(C3)CC2C4)cc1. The van der Waals surface area contributed by atoms with Crippen LogP contribution in [0.2, 0.25) is 10.0 Å². The summed E-state index contributed by atoms with van der Waals surface area (Å²) >= 11 is 14.3. The Morgan fingerprint density at radius 2 is 1.30 bits per heavy atom. The van der Waals surface area contributed by atoms with Crippen molar-refractivity contribution in [3.63, 3.8) is 0 Å². The van der Waals surface area contributed by atoms with Crippen LogP contribution in [0, 0.1) is 29.6 Å². The van der Waals surface area contributed by atoms with Crippen LogP contribution in [0.5, 0.6) is 40.2 Å². The van der Waals surface area contributed by atoms with E-state index in [1.807, 2.05) is 13.8 Å². The molecule has 15 bridgehead atoms. The van der Waals surface area contributed by atoms with E-state index in [1.54, 1.807) is 12.1 Å². The topological polar surface area (TPSA) is 551 Å². The van der Waals surface area contributed by atoms with Crippen LogP contribution < -0.4 is 83.0 Å². The molecule has 6 aromatic rings. The summed E-state index contributed by atoms with van der Waals surface area (Å²) in [7, 11) is -2.65. The molecule has 11 aliphatic rings. The third kappa shape index (κ3) is 18.8. The largest absolute Gasteiger partial charge is 0.508 e. The first-order valence-electron chi connectivity index (χ1n) is 41.2. The van der Waals surface area contributed by atoms with Gasteiger partial charge in [-0.3, -0.25) is 38.4 Å².